The quantitative estimate of drug-likeness (QED) is 0.172. The largest absolute Gasteiger partial charge is 1.00 e. The number of nitrogens with zero attached hydrogens (tertiary/aromatic N) is 2. The number of hydrogen-bond acceptors (Lipinski definition) is 10. The van der Waals surface area contributed by atoms with Crippen molar-refractivity contribution in [2.24, 2.45) is 0 Å². The Hall–Kier alpha value is 1.66. The first kappa shape index (κ1) is 31.4. The maximum atomic E-state index is 9.94. The summed E-state index contributed by atoms with van der Waals surface area (Å²) >= 11 is 0. The van der Waals surface area contributed by atoms with E-state index in [0.717, 1.165) is 10.1 Å². The molecule has 0 aromatic rings. The molecule has 0 aliphatic carbocycles. The third-order valence-corrected chi connectivity index (χ3v) is 2.59. The van der Waals surface area contributed by atoms with Crippen LogP contribution in [0.25, 0.3) is 0 Å². The molecule has 0 aromatic carbocycles. The predicted octanol–water partition coefficient (Wildman–Crippen LogP) is -6.55. The molecular formula is C8H20N2Na2O8S2. The van der Waals surface area contributed by atoms with E-state index in [1.807, 2.05) is 0 Å². The molecule has 22 heavy (non-hydrogen) atoms. The Morgan fingerprint density at radius 3 is 0.909 bits per heavy atom. The van der Waals surface area contributed by atoms with E-state index < -0.39 is 20.8 Å². The first-order chi connectivity index (χ1) is 8.99. The molecule has 10 nitrogen and oxygen atoms in total. The molecule has 14 heteroatoms. The van der Waals surface area contributed by atoms with Crippen molar-refractivity contribution in [2.75, 3.05) is 26.2 Å². The van der Waals surface area contributed by atoms with Gasteiger partial charge in [-0.05, 0) is 0 Å². The molecule has 0 heterocycles. The standard InChI is InChI=1S/2C4H11NO4S.2Na/c2*1-3-5(4-2)9-10(6,7)8;;/h2*3-4H2,1-2H3,(H,6,7,8);;/q;;2*+1/p-2. The van der Waals surface area contributed by atoms with Gasteiger partial charge in [0.25, 0.3) is 0 Å². The fraction of sp³-hybridized carbons (Fsp3) is 1.00. The summed E-state index contributed by atoms with van der Waals surface area (Å²) in [4.78, 5) is 0. The molecule has 0 atom stereocenters. The minimum absolute atomic E-state index is 0. The van der Waals surface area contributed by atoms with Crippen LogP contribution in [0.2, 0.25) is 0 Å². The van der Waals surface area contributed by atoms with Crippen LogP contribution in [-0.4, -0.2) is 62.2 Å². The molecule has 0 amide bonds. The summed E-state index contributed by atoms with van der Waals surface area (Å²) in [6.45, 7) is 8.25. The molecular weight excluding hydrogens is 362 g/mol. The minimum atomic E-state index is -4.57. The summed E-state index contributed by atoms with van der Waals surface area (Å²) in [6, 6.07) is 0. The van der Waals surface area contributed by atoms with Gasteiger partial charge in [0.15, 0.2) is 0 Å². The summed E-state index contributed by atoms with van der Waals surface area (Å²) in [6.07, 6.45) is 0. The molecule has 0 bridgehead atoms. The smallest absolute Gasteiger partial charge is 0.724 e. The minimum Gasteiger partial charge on any atom is -0.724 e. The van der Waals surface area contributed by atoms with Crippen LogP contribution in [0.15, 0.2) is 0 Å². The van der Waals surface area contributed by atoms with Crippen molar-refractivity contribution in [1.82, 2.24) is 10.1 Å². The van der Waals surface area contributed by atoms with Gasteiger partial charge in [0.05, 0.1) is 0 Å². The van der Waals surface area contributed by atoms with Crippen LogP contribution >= 0.6 is 0 Å². The normalized spacial score (nSPS) is 11.3. The van der Waals surface area contributed by atoms with E-state index in [1.54, 1.807) is 27.7 Å². The van der Waals surface area contributed by atoms with Gasteiger partial charge in [-0.2, -0.15) is 18.7 Å². The molecule has 0 rings (SSSR count). The van der Waals surface area contributed by atoms with Crippen LogP contribution < -0.4 is 59.1 Å². The van der Waals surface area contributed by atoms with Crippen LogP contribution in [0.1, 0.15) is 27.7 Å². The Morgan fingerprint density at radius 2 is 0.864 bits per heavy atom. The van der Waals surface area contributed by atoms with E-state index in [9.17, 15) is 25.9 Å². The molecule has 0 unspecified atom stereocenters. The second kappa shape index (κ2) is 16.1. The molecule has 0 aliphatic rings. The Labute approximate surface area is 176 Å². The molecule has 0 spiro atoms. The van der Waals surface area contributed by atoms with Gasteiger partial charge in [0.1, 0.15) is 0 Å². The van der Waals surface area contributed by atoms with Gasteiger partial charge in [-0.3, -0.25) is 0 Å². The number of hydroxylamine groups is 4. The zero-order valence-electron chi connectivity index (χ0n) is 13.8. The molecule has 0 N–H and O–H groups in total. The molecule has 0 saturated carbocycles. The first-order valence-electron chi connectivity index (χ1n) is 5.79. The van der Waals surface area contributed by atoms with Crippen molar-refractivity contribution >= 4 is 20.8 Å². The summed E-state index contributed by atoms with van der Waals surface area (Å²) in [7, 11) is -9.14. The summed E-state index contributed by atoms with van der Waals surface area (Å²) < 4.78 is 67.6. The van der Waals surface area contributed by atoms with Gasteiger partial charge in [-0.25, -0.2) is 16.8 Å². The second-order valence-electron chi connectivity index (χ2n) is 3.19. The number of hydrogen-bond donors (Lipinski definition) is 0. The SMILES string of the molecule is CCN(CC)OS(=O)(=O)[O-].CCN(CC)OS(=O)(=O)[O-].[Na+].[Na+]. The van der Waals surface area contributed by atoms with Gasteiger partial charge in [0.2, 0.25) is 20.8 Å². The van der Waals surface area contributed by atoms with Gasteiger partial charge in [-0.1, -0.05) is 27.7 Å². The van der Waals surface area contributed by atoms with Crippen LogP contribution in [0.5, 0.6) is 0 Å². The van der Waals surface area contributed by atoms with Crippen LogP contribution in [0, 0.1) is 0 Å². The van der Waals surface area contributed by atoms with E-state index in [1.165, 1.54) is 0 Å². The van der Waals surface area contributed by atoms with E-state index in [4.69, 9.17) is 0 Å². The summed E-state index contributed by atoms with van der Waals surface area (Å²) in [5.74, 6) is 0. The predicted molar refractivity (Wildman–Crippen MR) is 67.4 cm³/mol. The maximum absolute atomic E-state index is 9.94. The molecule has 0 aromatic heterocycles. The van der Waals surface area contributed by atoms with Crippen molar-refractivity contribution in [3.63, 3.8) is 0 Å². The van der Waals surface area contributed by atoms with Gasteiger partial charge in [0, 0.05) is 26.2 Å². The van der Waals surface area contributed by atoms with E-state index >= 15 is 0 Å². The third-order valence-electron chi connectivity index (χ3n) is 1.80. The fourth-order valence-electron chi connectivity index (χ4n) is 0.916. The van der Waals surface area contributed by atoms with Crippen molar-refractivity contribution in [1.29, 1.82) is 0 Å². The van der Waals surface area contributed by atoms with Crippen LogP contribution in [0.4, 0.5) is 0 Å². The average molecular weight is 382 g/mol. The van der Waals surface area contributed by atoms with E-state index in [0.29, 0.717) is 26.2 Å². The zero-order valence-corrected chi connectivity index (χ0v) is 19.4. The van der Waals surface area contributed by atoms with Crippen LogP contribution in [-0.2, 0) is 29.4 Å². The van der Waals surface area contributed by atoms with Crippen molar-refractivity contribution in [3.8, 4) is 0 Å². The average Bonchev–Trinajstić information content (AvgIpc) is 2.31. The van der Waals surface area contributed by atoms with E-state index in [-0.39, 0.29) is 59.1 Å². The zero-order chi connectivity index (χ0) is 16.4. The van der Waals surface area contributed by atoms with Crippen molar-refractivity contribution in [3.05, 3.63) is 0 Å². The van der Waals surface area contributed by atoms with Crippen molar-refractivity contribution < 1.29 is 93.6 Å². The van der Waals surface area contributed by atoms with E-state index in [2.05, 4.69) is 8.57 Å². The third kappa shape index (κ3) is 23.9. The number of rotatable bonds is 8. The molecule has 0 radical (unpaired) electrons. The van der Waals surface area contributed by atoms with Gasteiger partial charge >= 0.3 is 59.1 Å². The maximum Gasteiger partial charge on any atom is 1.00 e. The fourth-order valence-corrected chi connectivity index (χ4v) is 1.85. The van der Waals surface area contributed by atoms with Gasteiger partial charge in [-0.15, -0.1) is 0 Å². The second-order valence-corrected chi connectivity index (χ2v) is 5.13. The molecule has 0 saturated heterocycles. The van der Waals surface area contributed by atoms with Crippen LogP contribution in [0.3, 0.4) is 0 Å². The monoisotopic (exact) mass is 382 g/mol. The first-order valence-corrected chi connectivity index (χ1v) is 8.46. The van der Waals surface area contributed by atoms with Crippen molar-refractivity contribution in [2.45, 2.75) is 27.7 Å². The Kier molecular flexibility index (Phi) is 23.1. The van der Waals surface area contributed by atoms with Gasteiger partial charge < -0.3 is 9.11 Å². The molecule has 0 fully saturated rings. The Balaban J connectivity index is -0.000000135. The topological polar surface area (TPSA) is 139 Å². The molecule has 124 valence electrons. The Bertz CT molecular complexity index is 395. The Morgan fingerprint density at radius 1 is 0.682 bits per heavy atom. The molecule has 0 aliphatic heterocycles. The summed E-state index contributed by atoms with van der Waals surface area (Å²) in [5, 5.41) is 2.12. The summed E-state index contributed by atoms with van der Waals surface area (Å²) in [5.41, 5.74) is 0.